The van der Waals surface area contributed by atoms with E-state index in [0.29, 0.717) is 19.5 Å². The van der Waals surface area contributed by atoms with E-state index in [-0.39, 0.29) is 31.1 Å². The lowest BCUT2D eigenvalue weighted by atomic mass is 10.2. The molecule has 6 nitrogen and oxygen atoms in total. The Hall–Kier alpha value is -2.08. The van der Waals surface area contributed by atoms with Crippen molar-refractivity contribution in [1.82, 2.24) is 15.5 Å². The normalized spacial score (nSPS) is 18.1. The Morgan fingerprint density at radius 3 is 2.80 bits per heavy atom. The molecule has 0 saturated carbocycles. The predicted molar refractivity (Wildman–Crippen MR) is 73.9 cm³/mol. The molecule has 1 heterocycles. The van der Waals surface area contributed by atoms with Crippen LogP contribution in [0.1, 0.15) is 12.0 Å². The molecule has 1 aromatic rings. The first kappa shape index (κ1) is 14.3. The first-order valence-electron chi connectivity index (χ1n) is 6.66. The van der Waals surface area contributed by atoms with Gasteiger partial charge in [-0.2, -0.15) is 0 Å². The molecule has 0 radical (unpaired) electrons. The van der Waals surface area contributed by atoms with Crippen molar-refractivity contribution in [1.29, 1.82) is 0 Å². The molecule has 2 rings (SSSR count). The van der Waals surface area contributed by atoms with E-state index in [2.05, 4.69) is 10.6 Å². The number of carbonyl (C=O) groups excluding carboxylic acids is 2. The number of hydrogen-bond donors (Lipinski definition) is 3. The number of hydrogen-bond acceptors (Lipinski definition) is 3. The minimum absolute atomic E-state index is 0.0429. The average molecular weight is 277 g/mol. The summed E-state index contributed by atoms with van der Waals surface area (Å²) >= 11 is 0. The Morgan fingerprint density at radius 2 is 2.10 bits per heavy atom. The van der Waals surface area contributed by atoms with E-state index in [1.54, 1.807) is 4.90 Å². The van der Waals surface area contributed by atoms with Crippen molar-refractivity contribution >= 4 is 11.9 Å². The van der Waals surface area contributed by atoms with Crippen LogP contribution in [0.15, 0.2) is 30.3 Å². The van der Waals surface area contributed by atoms with Gasteiger partial charge in [0.05, 0.1) is 12.6 Å². The van der Waals surface area contributed by atoms with Gasteiger partial charge >= 0.3 is 6.03 Å². The molecule has 1 aliphatic heterocycles. The van der Waals surface area contributed by atoms with Crippen molar-refractivity contribution in [2.75, 3.05) is 19.7 Å². The lowest BCUT2D eigenvalue weighted by molar-refractivity contribution is -0.128. The molecule has 0 aromatic heterocycles. The van der Waals surface area contributed by atoms with Gasteiger partial charge in [0.25, 0.3) is 0 Å². The van der Waals surface area contributed by atoms with Gasteiger partial charge in [0, 0.05) is 26.1 Å². The number of amides is 3. The zero-order valence-electron chi connectivity index (χ0n) is 11.2. The summed E-state index contributed by atoms with van der Waals surface area (Å²) in [7, 11) is 0. The van der Waals surface area contributed by atoms with E-state index in [4.69, 9.17) is 5.11 Å². The summed E-state index contributed by atoms with van der Waals surface area (Å²) in [5.41, 5.74) is 1.08. The van der Waals surface area contributed by atoms with Crippen LogP contribution in [0.25, 0.3) is 0 Å². The minimum atomic E-state index is -0.349. The Morgan fingerprint density at radius 1 is 1.35 bits per heavy atom. The van der Waals surface area contributed by atoms with Crippen molar-refractivity contribution in [3.05, 3.63) is 35.9 Å². The number of urea groups is 1. The molecule has 1 unspecified atom stereocenters. The van der Waals surface area contributed by atoms with Gasteiger partial charge in [0.15, 0.2) is 0 Å². The lowest BCUT2D eigenvalue weighted by Crippen LogP contribution is -2.44. The van der Waals surface area contributed by atoms with Crippen LogP contribution in [0.2, 0.25) is 0 Å². The van der Waals surface area contributed by atoms with Gasteiger partial charge in [0.2, 0.25) is 5.91 Å². The van der Waals surface area contributed by atoms with Crippen LogP contribution in [-0.4, -0.2) is 47.7 Å². The number of aliphatic hydroxyl groups excluding tert-OH is 1. The molecule has 0 spiro atoms. The molecule has 3 N–H and O–H groups in total. The number of rotatable bonds is 5. The van der Waals surface area contributed by atoms with Crippen molar-refractivity contribution in [3.63, 3.8) is 0 Å². The minimum Gasteiger partial charge on any atom is -0.395 e. The van der Waals surface area contributed by atoms with Crippen LogP contribution in [0, 0.1) is 0 Å². The molecule has 20 heavy (non-hydrogen) atoms. The van der Waals surface area contributed by atoms with Gasteiger partial charge in [-0.3, -0.25) is 4.79 Å². The third-order valence-corrected chi connectivity index (χ3v) is 3.16. The number of likely N-dealkylation sites (tertiary alicyclic amines) is 1. The fourth-order valence-electron chi connectivity index (χ4n) is 2.23. The number of aliphatic hydroxyl groups is 1. The van der Waals surface area contributed by atoms with Crippen molar-refractivity contribution in [2.45, 2.75) is 19.0 Å². The zero-order valence-corrected chi connectivity index (χ0v) is 11.2. The quantitative estimate of drug-likeness (QED) is 0.713. The van der Waals surface area contributed by atoms with Crippen molar-refractivity contribution in [2.24, 2.45) is 0 Å². The van der Waals surface area contributed by atoms with E-state index >= 15 is 0 Å². The third kappa shape index (κ3) is 3.96. The fourth-order valence-corrected chi connectivity index (χ4v) is 2.23. The standard InChI is InChI=1S/C14H19N3O3/c18-7-6-15-14(20)16-12-8-13(19)17(10-12)9-11-4-2-1-3-5-11/h1-5,12,18H,6-10H2,(H2,15,16,20). The van der Waals surface area contributed by atoms with Gasteiger partial charge < -0.3 is 20.6 Å². The zero-order chi connectivity index (χ0) is 14.4. The van der Waals surface area contributed by atoms with Crippen LogP contribution < -0.4 is 10.6 Å². The smallest absolute Gasteiger partial charge is 0.315 e. The van der Waals surface area contributed by atoms with Crippen molar-refractivity contribution < 1.29 is 14.7 Å². The average Bonchev–Trinajstić information content (AvgIpc) is 2.77. The summed E-state index contributed by atoms with van der Waals surface area (Å²) in [5.74, 6) is 0.0429. The maximum atomic E-state index is 11.9. The fraction of sp³-hybridized carbons (Fsp3) is 0.429. The van der Waals surface area contributed by atoms with Crippen LogP contribution >= 0.6 is 0 Å². The number of nitrogens with zero attached hydrogens (tertiary/aromatic N) is 1. The maximum absolute atomic E-state index is 11.9. The molecular formula is C14H19N3O3. The number of carbonyl (C=O) groups is 2. The summed E-state index contributed by atoms with van der Waals surface area (Å²) in [4.78, 5) is 25.1. The molecular weight excluding hydrogens is 258 g/mol. The monoisotopic (exact) mass is 277 g/mol. The second-order valence-corrected chi connectivity index (χ2v) is 4.78. The highest BCUT2D eigenvalue weighted by atomic mass is 16.3. The van der Waals surface area contributed by atoms with E-state index in [1.165, 1.54) is 0 Å². The Bertz CT molecular complexity index is 464. The number of benzene rings is 1. The summed E-state index contributed by atoms with van der Waals surface area (Å²) in [6, 6.07) is 9.24. The molecule has 1 atom stereocenters. The molecule has 3 amide bonds. The van der Waals surface area contributed by atoms with E-state index in [1.807, 2.05) is 30.3 Å². The van der Waals surface area contributed by atoms with Gasteiger partial charge in [-0.1, -0.05) is 30.3 Å². The molecule has 1 saturated heterocycles. The topological polar surface area (TPSA) is 81.7 Å². The second kappa shape index (κ2) is 6.91. The predicted octanol–water partition coefficient (Wildman–Crippen LogP) is 0.0790. The Balaban J connectivity index is 1.83. The molecule has 1 aromatic carbocycles. The van der Waals surface area contributed by atoms with Crippen LogP contribution in [0.5, 0.6) is 0 Å². The summed E-state index contributed by atoms with van der Waals surface area (Å²) in [5, 5.41) is 13.9. The van der Waals surface area contributed by atoms with E-state index in [0.717, 1.165) is 5.56 Å². The molecule has 108 valence electrons. The Labute approximate surface area is 117 Å². The van der Waals surface area contributed by atoms with Gasteiger partial charge in [0.1, 0.15) is 0 Å². The molecule has 1 fully saturated rings. The molecule has 1 aliphatic rings. The molecule has 6 heteroatoms. The summed E-state index contributed by atoms with van der Waals surface area (Å²) < 4.78 is 0. The highest BCUT2D eigenvalue weighted by Gasteiger charge is 2.30. The SMILES string of the molecule is O=C(NCCO)NC1CC(=O)N(Cc2ccccc2)C1. The largest absolute Gasteiger partial charge is 0.395 e. The van der Waals surface area contributed by atoms with E-state index in [9.17, 15) is 9.59 Å². The highest BCUT2D eigenvalue weighted by molar-refractivity contribution is 5.81. The van der Waals surface area contributed by atoms with Crippen molar-refractivity contribution in [3.8, 4) is 0 Å². The third-order valence-electron chi connectivity index (χ3n) is 3.16. The van der Waals surface area contributed by atoms with Gasteiger partial charge in [-0.05, 0) is 5.56 Å². The first-order valence-corrected chi connectivity index (χ1v) is 6.66. The number of nitrogens with one attached hydrogen (secondary N) is 2. The summed E-state index contributed by atoms with van der Waals surface area (Å²) in [6.07, 6.45) is 0.319. The maximum Gasteiger partial charge on any atom is 0.315 e. The van der Waals surface area contributed by atoms with Gasteiger partial charge in [-0.25, -0.2) is 4.79 Å². The highest BCUT2D eigenvalue weighted by Crippen LogP contribution is 2.14. The first-order chi connectivity index (χ1) is 9.69. The van der Waals surface area contributed by atoms with Crippen LogP contribution in [0.3, 0.4) is 0 Å². The lowest BCUT2D eigenvalue weighted by Gasteiger charge is -2.17. The van der Waals surface area contributed by atoms with Crippen LogP contribution in [0.4, 0.5) is 4.79 Å². The molecule has 0 aliphatic carbocycles. The summed E-state index contributed by atoms with van der Waals surface area (Å²) in [6.45, 7) is 1.19. The molecule has 0 bridgehead atoms. The van der Waals surface area contributed by atoms with Crippen LogP contribution in [-0.2, 0) is 11.3 Å². The Kier molecular flexibility index (Phi) is 4.95. The van der Waals surface area contributed by atoms with E-state index < -0.39 is 0 Å². The van der Waals surface area contributed by atoms with Gasteiger partial charge in [-0.15, -0.1) is 0 Å². The second-order valence-electron chi connectivity index (χ2n) is 4.78.